The molecule has 0 saturated heterocycles. The summed E-state index contributed by atoms with van der Waals surface area (Å²) in [5.41, 5.74) is 2.56. The van der Waals surface area contributed by atoms with Gasteiger partial charge >= 0.3 is 0 Å². The zero-order valence-electron chi connectivity index (χ0n) is 10.5. The smallest absolute Gasteiger partial charge is 0.160 e. The molecule has 2 aromatic rings. The molecule has 0 fully saturated rings. The van der Waals surface area contributed by atoms with Crippen molar-refractivity contribution in [3.8, 4) is 11.4 Å². The molecular weight excluding hydrogens is 212 g/mol. The molecule has 90 valence electrons. The SMILES string of the molecule is Cc1c(O)c(CC(C)C)nn1-c1ccccc1. The lowest BCUT2D eigenvalue weighted by Crippen LogP contribution is -2.00. The molecule has 0 radical (unpaired) electrons. The molecule has 0 spiro atoms. The van der Waals surface area contributed by atoms with Crippen molar-refractivity contribution in [2.45, 2.75) is 27.2 Å². The number of hydrogen-bond donors (Lipinski definition) is 1. The number of benzene rings is 1. The van der Waals surface area contributed by atoms with Crippen LogP contribution >= 0.6 is 0 Å². The molecule has 1 N–H and O–H groups in total. The van der Waals surface area contributed by atoms with Crippen LogP contribution in [-0.2, 0) is 6.42 Å². The summed E-state index contributed by atoms with van der Waals surface area (Å²) in [7, 11) is 0. The fourth-order valence-corrected chi connectivity index (χ4v) is 1.90. The molecule has 3 heteroatoms. The van der Waals surface area contributed by atoms with E-state index in [2.05, 4.69) is 18.9 Å². The van der Waals surface area contributed by atoms with Crippen LogP contribution in [0.4, 0.5) is 0 Å². The van der Waals surface area contributed by atoms with Crippen molar-refractivity contribution in [1.29, 1.82) is 0 Å². The van der Waals surface area contributed by atoms with Gasteiger partial charge in [-0.05, 0) is 31.4 Å². The molecule has 1 heterocycles. The third-order valence-corrected chi connectivity index (χ3v) is 2.76. The van der Waals surface area contributed by atoms with Crippen LogP contribution in [0.2, 0.25) is 0 Å². The fourth-order valence-electron chi connectivity index (χ4n) is 1.90. The fraction of sp³-hybridized carbons (Fsp3) is 0.357. The molecule has 0 aliphatic rings. The summed E-state index contributed by atoms with van der Waals surface area (Å²) in [6.07, 6.45) is 0.798. The van der Waals surface area contributed by atoms with Gasteiger partial charge in [-0.2, -0.15) is 5.10 Å². The van der Waals surface area contributed by atoms with Crippen LogP contribution in [0, 0.1) is 12.8 Å². The molecule has 0 aliphatic carbocycles. The minimum atomic E-state index is 0.322. The predicted molar refractivity (Wildman–Crippen MR) is 68.5 cm³/mol. The number of para-hydroxylation sites is 1. The van der Waals surface area contributed by atoms with Gasteiger partial charge in [-0.25, -0.2) is 4.68 Å². The molecule has 0 unspecified atom stereocenters. The summed E-state index contributed by atoms with van der Waals surface area (Å²) in [5.74, 6) is 0.807. The first kappa shape index (κ1) is 11.7. The Morgan fingerprint density at radius 3 is 2.47 bits per heavy atom. The van der Waals surface area contributed by atoms with Gasteiger partial charge in [0, 0.05) is 0 Å². The Balaban J connectivity index is 2.43. The zero-order chi connectivity index (χ0) is 12.4. The van der Waals surface area contributed by atoms with Gasteiger partial charge in [0.15, 0.2) is 5.75 Å². The monoisotopic (exact) mass is 230 g/mol. The number of aromatic hydroxyl groups is 1. The maximum Gasteiger partial charge on any atom is 0.160 e. The lowest BCUT2D eigenvalue weighted by Gasteiger charge is -2.02. The van der Waals surface area contributed by atoms with Crippen molar-refractivity contribution in [3.05, 3.63) is 41.7 Å². The molecule has 2 rings (SSSR count). The summed E-state index contributed by atoms with van der Waals surface area (Å²) in [6.45, 7) is 6.13. The van der Waals surface area contributed by atoms with E-state index in [0.29, 0.717) is 11.7 Å². The maximum absolute atomic E-state index is 10.0. The lowest BCUT2D eigenvalue weighted by atomic mass is 10.1. The first-order chi connectivity index (χ1) is 8.09. The Morgan fingerprint density at radius 2 is 1.88 bits per heavy atom. The third-order valence-electron chi connectivity index (χ3n) is 2.76. The van der Waals surface area contributed by atoms with E-state index in [9.17, 15) is 5.11 Å². The van der Waals surface area contributed by atoms with Crippen LogP contribution in [0.3, 0.4) is 0 Å². The molecule has 3 nitrogen and oxygen atoms in total. The Labute approximate surface area is 102 Å². The van der Waals surface area contributed by atoms with Gasteiger partial charge in [0.1, 0.15) is 5.69 Å². The van der Waals surface area contributed by atoms with E-state index >= 15 is 0 Å². The highest BCUT2D eigenvalue weighted by atomic mass is 16.3. The van der Waals surface area contributed by atoms with Crippen LogP contribution in [0.5, 0.6) is 5.75 Å². The van der Waals surface area contributed by atoms with Crippen LogP contribution in [0.15, 0.2) is 30.3 Å². The van der Waals surface area contributed by atoms with E-state index in [1.54, 1.807) is 4.68 Å². The molecule has 0 atom stereocenters. The number of nitrogens with zero attached hydrogens (tertiary/aromatic N) is 2. The predicted octanol–water partition coefficient (Wildman–Crippen LogP) is 3.08. The first-order valence-electron chi connectivity index (χ1n) is 5.92. The Bertz CT molecular complexity index is 500. The van der Waals surface area contributed by atoms with Gasteiger partial charge in [-0.1, -0.05) is 32.0 Å². The molecule has 0 amide bonds. The maximum atomic E-state index is 10.0. The van der Waals surface area contributed by atoms with Gasteiger partial charge in [-0.3, -0.25) is 0 Å². The van der Waals surface area contributed by atoms with E-state index in [4.69, 9.17) is 0 Å². The van der Waals surface area contributed by atoms with Crippen molar-refractivity contribution in [2.24, 2.45) is 5.92 Å². The summed E-state index contributed by atoms with van der Waals surface area (Å²) in [5, 5.41) is 14.5. The molecule has 0 aliphatic heterocycles. The van der Waals surface area contributed by atoms with Crippen molar-refractivity contribution >= 4 is 0 Å². The van der Waals surface area contributed by atoms with Crippen molar-refractivity contribution in [1.82, 2.24) is 9.78 Å². The quantitative estimate of drug-likeness (QED) is 0.880. The van der Waals surface area contributed by atoms with Gasteiger partial charge in [0.05, 0.1) is 11.4 Å². The number of hydrogen-bond acceptors (Lipinski definition) is 2. The first-order valence-corrected chi connectivity index (χ1v) is 5.92. The lowest BCUT2D eigenvalue weighted by molar-refractivity contribution is 0.458. The second-order valence-electron chi connectivity index (χ2n) is 4.73. The van der Waals surface area contributed by atoms with E-state index in [0.717, 1.165) is 23.5 Å². The highest BCUT2D eigenvalue weighted by Gasteiger charge is 2.15. The minimum absolute atomic E-state index is 0.322. The van der Waals surface area contributed by atoms with Gasteiger partial charge in [0.25, 0.3) is 0 Å². The van der Waals surface area contributed by atoms with Gasteiger partial charge in [-0.15, -0.1) is 0 Å². The molecule has 0 saturated carbocycles. The highest BCUT2D eigenvalue weighted by Crippen LogP contribution is 2.25. The second-order valence-corrected chi connectivity index (χ2v) is 4.73. The third kappa shape index (κ3) is 2.33. The normalized spacial score (nSPS) is 11.1. The summed E-state index contributed by atoms with van der Waals surface area (Å²) >= 11 is 0. The molecule has 0 bridgehead atoms. The summed E-state index contributed by atoms with van der Waals surface area (Å²) < 4.78 is 1.80. The van der Waals surface area contributed by atoms with Crippen molar-refractivity contribution in [3.63, 3.8) is 0 Å². The van der Waals surface area contributed by atoms with E-state index in [1.807, 2.05) is 37.3 Å². The number of rotatable bonds is 3. The summed E-state index contributed by atoms with van der Waals surface area (Å²) in [4.78, 5) is 0. The average molecular weight is 230 g/mol. The standard InChI is InChI=1S/C14H18N2O/c1-10(2)9-13-14(17)11(3)16(15-13)12-7-5-4-6-8-12/h4-8,10,17H,9H2,1-3H3. The Morgan fingerprint density at radius 1 is 1.24 bits per heavy atom. The van der Waals surface area contributed by atoms with Crippen LogP contribution in [0.1, 0.15) is 25.2 Å². The van der Waals surface area contributed by atoms with Crippen molar-refractivity contribution < 1.29 is 5.11 Å². The average Bonchev–Trinajstić information content (AvgIpc) is 2.58. The van der Waals surface area contributed by atoms with E-state index in [1.165, 1.54) is 0 Å². The Hall–Kier alpha value is -1.77. The zero-order valence-corrected chi connectivity index (χ0v) is 10.5. The topological polar surface area (TPSA) is 38.1 Å². The largest absolute Gasteiger partial charge is 0.504 e. The summed E-state index contributed by atoms with van der Waals surface area (Å²) in [6, 6.07) is 9.87. The van der Waals surface area contributed by atoms with Crippen LogP contribution in [0.25, 0.3) is 5.69 Å². The van der Waals surface area contributed by atoms with Gasteiger partial charge in [0.2, 0.25) is 0 Å². The highest BCUT2D eigenvalue weighted by molar-refractivity contribution is 5.40. The molecular formula is C14H18N2O. The van der Waals surface area contributed by atoms with Crippen LogP contribution in [-0.4, -0.2) is 14.9 Å². The molecule has 1 aromatic carbocycles. The van der Waals surface area contributed by atoms with Crippen LogP contribution < -0.4 is 0 Å². The van der Waals surface area contributed by atoms with Crippen molar-refractivity contribution in [2.75, 3.05) is 0 Å². The van der Waals surface area contributed by atoms with Gasteiger partial charge < -0.3 is 5.11 Å². The number of aromatic nitrogens is 2. The minimum Gasteiger partial charge on any atom is -0.504 e. The van der Waals surface area contributed by atoms with E-state index in [-0.39, 0.29) is 0 Å². The second kappa shape index (κ2) is 4.62. The molecule has 1 aromatic heterocycles. The molecule has 17 heavy (non-hydrogen) atoms. The van der Waals surface area contributed by atoms with E-state index < -0.39 is 0 Å². The Kier molecular flexibility index (Phi) is 3.18.